The molecule has 0 aromatic rings. The smallest absolute Gasteiger partial charge is 0.0271 e. The van der Waals surface area contributed by atoms with Gasteiger partial charge in [0.25, 0.3) is 0 Å². The van der Waals surface area contributed by atoms with Crippen LogP contribution >= 0.6 is 9.24 Å². The topological polar surface area (TPSA) is 12.0 Å². The summed E-state index contributed by atoms with van der Waals surface area (Å²) in [6.07, 6.45) is 0. The van der Waals surface area contributed by atoms with Gasteiger partial charge in [-0.15, -0.1) is 9.24 Å². The fraction of sp³-hybridized carbons (Fsp3) is 1.00. The predicted octanol–water partition coefficient (Wildman–Crippen LogP) is 1.99. The van der Waals surface area contributed by atoms with Crippen molar-refractivity contribution < 1.29 is 0 Å². The number of rotatable bonds is 1. The monoisotopic (exact) mass is 147 g/mol. The van der Waals surface area contributed by atoms with Gasteiger partial charge in [0.1, 0.15) is 0 Å². The molecule has 0 fully saturated rings. The highest BCUT2D eigenvalue weighted by molar-refractivity contribution is 7.18. The van der Waals surface area contributed by atoms with Crippen molar-refractivity contribution in [2.75, 3.05) is 0 Å². The normalized spacial score (nSPS) is 14.0. The van der Waals surface area contributed by atoms with Crippen molar-refractivity contribution in [3.05, 3.63) is 0 Å². The minimum atomic E-state index is 0.151. The van der Waals surface area contributed by atoms with Crippen LogP contribution in [0.15, 0.2) is 0 Å². The lowest BCUT2D eigenvalue weighted by Gasteiger charge is -2.31. The van der Waals surface area contributed by atoms with Gasteiger partial charge in [-0.2, -0.15) is 0 Å². The molecule has 56 valence electrons. The molecule has 0 bridgehead atoms. The van der Waals surface area contributed by atoms with E-state index in [1.54, 1.807) is 0 Å². The summed E-state index contributed by atoms with van der Waals surface area (Å²) in [5, 5.41) is 3.57. The van der Waals surface area contributed by atoms with Crippen LogP contribution in [0.3, 0.4) is 0 Å². The molecule has 0 aromatic carbocycles. The zero-order valence-electron chi connectivity index (χ0n) is 7.08. The van der Waals surface area contributed by atoms with E-state index in [0.717, 1.165) is 0 Å². The highest BCUT2D eigenvalue weighted by atomic mass is 31.0. The van der Waals surface area contributed by atoms with Crippen LogP contribution in [0.2, 0.25) is 0 Å². The minimum Gasteiger partial charge on any atom is -0.304 e. The van der Waals surface area contributed by atoms with Gasteiger partial charge >= 0.3 is 0 Å². The van der Waals surface area contributed by atoms with Crippen molar-refractivity contribution in [2.45, 2.75) is 45.4 Å². The van der Waals surface area contributed by atoms with E-state index in [-0.39, 0.29) is 10.8 Å². The number of nitrogens with one attached hydrogen (secondary N) is 1. The average Bonchev–Trinajstić information content (AvgIpc) is 1.14. The summed E-state index contributed by atoms with van der Waals surface area (Å²) in [5.41, 5.74) is 0.214. The van der Waals surface area contributed by atoms with Crippen molar-refractivity contribution in [1.82, 2.24) is 5.32 Å². The first-order valence-electron chi connectivity index (χ1n) is 3.29. The van der Waals surface area contributed by atoms with E-state index in [4.69, 9.17) is 0 Å². The quantitative estimate of drug-likeness (QED) is 0.559. The SMILES string of the molecule is CC(C)(C)NC(C)(C)P. The van der Waals surface area contributed by atoms with Gasteiger partial charge in [0.15, 0.2) is 0 Å². The highest BCUT2D eigenvalue weighted by Crippen LogP contribution is 2.16. The minimum absolute atomic E-state index is 0.151. The lowest BCUT2D eigenvalue weighted by atomic mass is 10.1. The number of hydrogen-bond acceptors (Lipinski definition) is 1. The Bertz CT molecular complexity index is 74.1. The van der Waals surface area contributed by atoms with E-state index in [1.165, 1.54) is 0 Å². The van der Waals surface area contributed by atoms with Crippen molar-refractivity contribution in [2.24, 2.45) is 0 Å². The predicted molar refractivity (Wildman–Crippen MR) is 46.7 cm³/mol. The molecule has 0 aliphatic carbocycles. The van der Waals surface area contributed by atoms with Crippen LogP contribution in [-0.2, 0) is 0 Å². The first kappa shape index (κ1) is 9.39. The third-order valence-electron chi connectivity index (χ3n) is 0.697. The van der Waals surface area contributed by atoms with Gasteiger partial charge in [-0.05, 0) is 34.6 Å². The lowest BCUT2D eigenvalue weighted by molar-refractivity contribution is 0.363. The summed E-state index contributed by atoms with van der Waals surface area (Å²) in [6.45, 7) is 10.8. The van der Waals surface area contributed by atoms with E-state index in [1.807, 2.05) is 0 Å². The molecule has 0 heterocycles. The Morgan fingerprint density at radius 1 is 1.00 bits per heavy atom. The summed E-state index contributed by atoms with van der Waals surface area (Å²) in [5.74, 6) is 0. The Balaban J connectivity index is 3.75. The molecule has 1 unspecified atom stereocenters. The van der Waals surface area contributed by atoms with Crippen molar-refractivity contribution in [3.8, 4) is 0 Å². The fourth-order valence-corrected chi connectivity index (χ4v) is 1.40. The van der Waals surface area contributed by atoms with Gasteiger partial charge in [-0.1, -0.05) is 0 Å². The summed E-state index contributed by atoms with van der Waals surface area (Å²) in [6, 6.07) is 0. The second-order valence-corrected chi connectivity index (χ2v) is 5.54. The van der Waals surface area contributed by atoms with Crippen LogP contribution in [0, 0.1) is 0 Å². The molecule has 0 saturated heterocycles. The molecule has 0 saturated carbocycles. The van der Waals surface area contributed by atoms with E-state index in [9.17, 15) is 0 Å². The highest BCUT2D eigenvalue weighted by Gasteiger charge is 2.18. The van der Waals surface area contributed by atoms with Gasteiger partial charge < -0.3 is 5.32 Å². The molecule has 9 heavy (non-hydrogen) atoms. The van der Waals surface area contributed by atoms with E-state index in [0.29, 0.717) is 0 Å². The summed E-state index contributed by atoms with van der Waals surface area (Å²) < 4.78 is 0. The molecule has 1 N–H and O–H groups in total. The van der Waals surface area contributed by atoms with Crippen LogP contribution in [0.4, 0.5) is 0 Å². The molecule has 0 amide bonds. The van der Waals surface area contributed by atoms with E-state index < -0.39 is 0 Å². The first-order valence-corrected chi connectivity index (χ1v) is 3.87. The third kappa shape index (κ3) is 8.39. The van der Waals surface area contributed by atoms with Crippen LogP contribution in [0.5, 0.6) is 0 Å². The maximum atomic E-state index is 3.42. The second kappa shape index (κ2) is 2.56. The van der Waals surface area contributed by atoms with Crippen LogP contribution in [-0.4, -0.2) is 10.8 Å². The van der Waals surface area contributed by atoms with Crippen molar-refractivity contribution in [3.63, 3.8) is 0 Å². The molecule has 0 aliphatic heterocycles. The summed E-state index contributed by atoms with van der Waals surface area (Å²) >= 11 is 0. The molecule has 0 aromatic heterocycles. The van der Waals surface area contributed by atoms with E-state index in [2.05, 4.69) is 49.2 Å². The maximum Gasteiger partial charge on any atom is 0.0271 e. The van der Waals surface area contributed by atoms with Gasteiger partial charge in [0.2, 0.25) is 0 Å². The van der Waals surface area contributed by atoms with Gasteiger partial charge in [-0.25, -0.2) is 0 Å². The Morgan fingerprint density at radius 3 is 1.33 bits per heavy atom. The largest absolute Gasteiger partial charge is 0.304 e. The van der Waals surface area contributed by atoms with Crippen LogP contribution < -0.4 is 5.32 Å². The lowest BCUT2D eigenvalue weighted by Crippen LogP contribution is -2.46. The molecule has 1 atom stereocenters. The molecule has 0 rings (SSSR count). The molecule has 1 nitrogen and oxygen atoms in total. The van der Waals surface area contributed by atoms with E-state index >= 15 is 0 Å². The molecule has 0 radical (unpaired) electrons. The van der Waals surface area contributed by atoms with Crippen LogP contribution in [0.1, 0.15) is 34.6 Å². The number of hydrogen-bond donors (Lipinski definition) is 1. The summed E-state index contributed by atoms with van der Waals surface area (Å²) in [7, 11) is 2.77. The van der Waals surface area contributed by atoms with Crippen LogP contribution in [0.25, 0.3) is 0 Å². The Morgan fingerprint density at radius 2 is 1.33 bits per heavy atom. The fourth-order valence-electron chi connectivity index (χ4n) is 0.967. The molecule has 2 heteroatoms. The molecule has 0 spiro atoms. The van der Waals surface area contributed by atoms with Crippen molar-refractivity contribution >= 4 is 9.24 Å². The molecular weight excluding hydrogens is 129 g/mol. The second-order valence-electron chi connectivity index (χ2n) is 4.10. The zero-order valence-corrected chi connectivity index (χ0v) is 8.23. The van der Waals surface area contributed by atoms with Gasteiger partial charge in [-0.3, -0.25) is 0 Å². The Hall–Kier alpha value is 0.390. The summed E-state index contributed by atoms with van der Waals surface area (Å²) in [4.78, 5) is 0. The standard InChI is InChI=1S/C7H18NP/c1-6(2,3)8-7(4,5)9/h8H,9H2,1-5H3. The third-order valence-corrected chi connectivity index (χ3v) is 0.842. The Kier molecular flexibility index (Phi) is 2.67. The van der Waals surface area contributed by atoms with Gasteiger partial charge in [0, 0.05) is 10.8 Å². The average molecular weight is 147 g/mol. The molecule has 0 aliphatic rings. The van der Waals surface area contributed by atoms with Gasteiger partial charge in [0.05, 0.1) is 0 Å². The Labute approximate surface area is 60.8 Å². The first-order chi connectivity index (χ1) is 3.71. The van der Waals surface area contributed by atoms with Crippen molar-refractivity contribution in [1.29, 1.82) is 0 Å². The zero-order chi connectivity index (χ0) is 7.71. The maximum absolute atomic E-state index is 3.42. The molecular formula is C7H18NP.